The average molecular weight is 221 g/mol. The first-order valence-corrected chi connectivity index (χ1v) is 5.21. The van der Waals surface area contributed by atoms with Gasteiger partial charge in [-0.05, 0) is 22.9 Å². The van der Waals surface area contributed by atoms with Crippen molar-refractivity contribution < 1.29 is 8.83 Å². The maximum atomic E-state index is 4.58. The van der Waals surface area contributed by atoms with Crippen LogP contribution in [0.5, 0.6) is 0 Å². The Labute approximate surface area is 92.0 Å². The van der Waals surface area contributed by atoms with Gasteiger partial charge in [0.05, 0.1) is 18.7 Å². The summed E-state index contributed by atoms with van der Waals surface area (Å²) in [6.45, 7) is 0. The molecule has 0 aliphatic rings. The largest absolute Gasteiger partial charge is 0.473 e. The summed E-state index contributed by atoms with van der Waals surface area (Å²) < 4.78 is 9.06. The van der Waals surface area contributed by atoms with Crippen molar-refractivity contribution in [1.29, 1.82) is 0 Å². The fraction of sp³-hybridized carbons (Fsp3) is 0. The lowest BCUT2D eigenvalue weighted by Crippen LogP contribution is -1.38. The molecule has 0 aromatic carbocycles. The van der Waals surface area contributed by atoms with Gasteiger partial charge in [-0.2, -0.15) is 11.3 Å². The Morgan fingerprint density at radius 3 is 1.73 bits per heavy atom. The van der Waals surface area contributed by atoms with E-state index in [1.807, 2.05) is 35.0 Å². The molecule has 0 N–H and O–H groups in total. The molecule has 0 unspecified atom stereocenters. The second kappa shape index (κ2) is 8.77. The smallest absolute Gasteiger partial charge is 0.180 e. The zero-order valence-corrected chi connectivity index (χ0v) is 8.84. The number of hydrogen-bond donors (Lipinski definition) is 0. The van der Waals surface area contributed by atoms with Crippen molar-refractivity contribution in [2.75, 3.05) is 0 Å². The van der Waals surface area contributed by atoms with Crippen LogP contribution in [0.25, 0.3) is 0 Å². The molecule has 0 saturated heterocycles. The molecule has 0 saturated carbocycles. The number of rotatable bonds is 0. The second-order valence-electron chi connectivity index (χ2n) is 2.26. The Hall–Kier alpha value is -1.81. The lowest BCUT2D eigenvalue weighted by atomic mass is 10.7. The van der Waals surface area contributed by atoms with Crippen molar-refractivity contribution in [2.45, 2.75) is 0 Å². The Bertz CT molecular complexity index is 251. The number of furan rings is 1. The number of nitrogens with zero attached hydrogens (tertiary/aromatic N) is 1. The van der Waals surface area contributed by atoms with Gasteiger partial charge in [0.25, 0.3) is 0 Å². The van der Waals surface area contributed by atoms with Crippen LogP contribution in [-0.4, -0.2) is 4.98 Å². The fourth-order valence-corrected chi connectivity index (χ4v) is 1.08. The van der Waals surface area contributed by atoms with E-state index in [2.05, 4.69) is 13.8 Å². The summed E-state index contributed by atoms with van der Waals surface area (Å²) in [7, 11) is 0. The van der Waals surface area contributed by atoms with Crippen molar-refractivity contribution in [3.05, 3.63) is 66.4 Å². The average Bonchev–Trinajstić information content (AvgIpc) is 3.09. The second-order valence-corrected chi connectivity index (χ2v) is 3.08. The normalized spacial score (nSPS) is 8.00. The van der Waals surface area contributed by atoms with Crippen LogP contribution in [0.15, 0.2) is 75.2 Å². The minimum atomic E-state index is 1.38. The van der Waals surface area contributed by atoms with E-state index >= 15 is 0 Å². The molecule has 0 amide bonds. The molecule has 0 spiro atoms. The monoisotopic (exact) mass is 221 g/mol. The van der Waals surface area contributed by atoms with Gasteiger partial charge in [-0.3, -0.25) is 0 Å². The van der Waals surface area contributed by atoms with Gasteiger partial charge in [-0.25, -0.2) is 4.98 Å². The predicted molar refractivity (Wildman–Crippen MR) is 59.5 cm³/mol. The van der Waals surface area contributed by atoms with E-state index in [4.69, 9.17) is 0 Å². The van der Waals surface area contributed by atoms with Gasteiger partial charge in [0.1, 0.15) is 6.26 Å². The van der Waals surface area contributed by atoms with Crippen molar-refractivity contribution in [1.82, 2.24) is 4.98 Å². The molecule has 0 aliphatic carbocycles. The van der Waals surface area contributed by atoms with Gasteiger partial charge < -0.3 is 8.83 Å². The number of hydrogen-bond acceptors (Lipinski definition) is 4. The third-order valence-electron chi connectivity index (χ3n) is 1.20. The summed E-state index contributed by atoms with van der Waals surface area (Å²) in [4.78, 5) is 3.56. The number of thiophene rings is 1. The van der Waals surface area contributed by atoms with Gasteiger partial charge in [-0.1, -0.05) is 12.1 Å². The summed E-state index contributed by atoms with van der Waals surface area (Å²) >= 11 is 1.71. The third-order valence-corrected chi connectivity index (χ3v) is 1.83. The molecular formula is C11H11NO2S. The Balaban J connectivity index is 0.000000112. The Kier molecular flexibility index (Phi) is 6.59. The van der Waals surface area contributed by atoms with E-state index in [1.54, 1.807) is 30.1 Å². The number of oxazole rings is 1. The van der Waals surface area contributed by atoms with Crippen LogP contribution in [0.4, 0.5) is 0 Å². The summed E-state index contributed by atoms with van der Waals surface area (Å²) in [5.41, 5.74) is 0. The fourth-order valence-electron chi connectivity index (χ4n) is 0.629. The molecule has 0 radical (unpaired) electrons. The molecule has 0 aliphatic heterocycles. The van der Waals surface area contributed by atoms with Gasteiger partial charge in [0, 0.05) is 0 Å². The highest BCUT2D eigenvalue weighted by atomic mass is 32.1. The van der Waals surface area contributed by atoms with Gasteiger partial charge in [0.2, 0.25) is 0 Å². The van der Waals surface area contributed by atoms with Crippen molar-refractivity contribution in [3.63, 3.8) is 0 Å². The molecule has 3 aromatic heterocycles. The highest BCUT2D eigenvalue weighted by molar-refractivity contribution is 7.07. The first-order chi connectivity index (χ1) is 7.50. The van der Waals surface area contributed by atoms with Crippen molar-refractivity contribution in [3.8, 4) is 0 Å². The molecule has 3 aromatic rings. The van der Waals surface area contributed by atoms with Crippen molar-refractivity contribution >= 4 is 11.3 Å². The van der Waals surface area contributed by atoms with Crippen LogP contribution >= 0.6 is 11.3 Å². The van der Waals surface area contributed by atoms with E-state index in [9.17, 15) is 0 Å². The van der Waals surface area contributed by atoms with E-state index in [1.165, 1.54) is 12.7 Å². The van der Waals surface area contributed by atoms with Gasteiger partial charge in [-0.15, -0.1) is 0 Å². The third kappa shape index (κ3) is 7.28. The SMILES string of the molecule is c1ccoc1.c1ccsc1.c1cocn1. The molecule has 15 heavy (non-hydrogen) atoms. The quantitative estimate of drug-likeness (QED) is 0.581. The van der Waals surface area contributed by atoms with Crippen LogP contribution in [0.1, 0.15) is 0 Å². The van der Waals surface area contributed by atoms with Gasteiger partial charge in [0.15, 0.2) is 6.39 Å². The Morgan fingerprint density at radius 1 is 0.800 bits per heavy atom. The molecule has 4 heteroatoms. The highest BCUT2D eigenvalue weighted by Gasteiger charge is 1.60. The lowest BCUT2D eigenvalue weighted by molar-refractivity contribution is 0.558. The van der Waals surface area contributed by atoms with Crippen LogP contribution in [-0.2, 0) is 0 Å². The summed E-state index contributed by atoms with van der Waals surface area (Å²) in [5.74, 6) is 0. The highest BCUT2D eigenvalue weighted by Crippen LogP contribution is 1.91. The maximum absolute atomic E-state index is 4.58. The minimum absolute atomic E-state index is 1.38. The molecular weight excluding hydrogens is 210 g/mol. The predicted octanol–water partition coefficient (Wildman–Crippen LogP) is 3.70. The van der Waals surface area contributed by atoms with Crippen LogP contribution in [0, 0.1) is 0 Å². The molecule has 3 rings (SSSR count). The van der Waals surface area contributed by atoms with Crippen molar-refractivity contribution in [2.24, 2.45) is 0 Å². The molecule has 0 fully saturated rings. The molecule has 3 heterocycles. The summed E-state index contributed by atoms with van der Waals surface area (Å²) in [6.07, 6.45) is 7.72. The Morgan fingerprint density at radius 2 is 1.53 bits per heavy atom. The molecule has 3 nitrogen and oxygen atoms in total. The van der Waals surface area contributed by atoms with E-state index in [0.29, 0.717) is 0 Å². The lowest BCUT2D eigenvalue weighted by Gasteiger charge is -1.50. The minimum Gasteiger partial charge on any atom is -0.473 e. The van der Waals surface area contributed by atoms with Crippen LogP contribution in [0.2, 0.25) is 0 Å². The zero-order valence-electron chi connectivity index (χ0n) is 8.02. The van der Waals surface area contributed by atoms with E-state index in [0.717, 1.165) is 0 Å². The first kappa shape index (κ1) is 11.3. The standard InChI is InChI=1S/C4H4O.C4H4S.C3H3NO/c2*1-2-4-5-3-1;1-2-5-3-4-1/h2*1-4H;1-3H. The van der Waals surface area contributed by atoms with E-state index in [-0.39, 0.29) is 0 Å². The molecule has 0 atom stereocenters. The van der Waals surface area contributed by atoms with Crippen LogP contribution in [0.3, 0.4) is 0 Å². The summed E-state index contributed by atoms with van der Waals surface area (Å²) in [6, 6.07) is 7.70. The van der Waals surface area contributed by atoms with Gasteiger partial charge >= 0.3 is 0 Å². The maximum Gasteiger partial charge on any atom is 0.180 e. The summed E-state index contributed by atoms with van der Waals surface area (Å²) in [5, 5.41) is 4.08. The van der Waals surface area contributed by atoms with E-state index < -0.39 is 0 Å². The topological polar surface area (TPSA) is 39.2 Å². The zero-order chi connectivity index (χ0) is 10.6. The first-order valence-electron chi connectivity index (χ1n) is 4.26. The van der Waals surface area contributed by atoms with Crippen LogP contribution < -0.4 is 0 Å². The number of aromatic nitrogens is 1. The molecule has 78 valence electrons. The molecule has 0 bridgehead atoms.